The summed E-state index contributed by atoms with van der Waals surface area (Å²) in [4.78, 5) is 26.7. The van der Waals surface area contributed by atoms with Gasteiger partial charge in [0.2, 0.25) is 0 Å². The molecule has 2 amide bonds. The molecule has 0 bridgehead atoms. The van der Waals surface area contributed by atoms with Crippen molar-refractivity contribution < 1.29 is 9.59 Å². The molecule has 27 heavy (non-hydrogen) atoms. The third-order valence-corrected chi connectivity index (χ3v) is 5.79. The maximum atomic E-state index is 12.5. The number of nitrogens with one attached hydrogen (secondary N) is 2. The van der Waals surface area contributed by atoms with E-state index in [1.54, 1.807) is 24.3 Å². The van der Waals surface area contributed by atoms with Gasteiger partial charge in [0.1, 0.15) is 0 Å². The number of aryl methyl sites for hydroxylation is 1. The van der Waals surface area contributed by atoms with Gasteiger partial charge in [-0.1, -0.05) is 12.1 Å². The topological polar surface area (TPSA) is 61.4 Å². The third-order valence-electron chi connectivity index (χ3n) is 4.42. The van der Waals surface area contributed by atoms with Crippen molar-refractivity contribution in [3.05, 3.63) is 62.7 Å². The Labute approximate surface area is 177 Å². The van der Waals surface area contributed by atoms with E-state index in [2.05, 4.69) is 33.2 Å². The summed E-state index contributed by atoms with van der Waals surface area (Å²) in [6.07, 6.45) is 2.11. The van der Waals surface area contributed by atoms with E-state index in [-0.39, 0.29) is 16.9 Å². The van der Waals surface area contributed by atoms with E-state index in [1.807, 2.05) is 30.0 Å². The van der Waals surface area contributed by atoms with Crippen LogP contribution in [0.3, 0.4) is 0 Å². The zero-order valence-corrected chi connectivity index (χ0v) is 17.9. The van der Waals surface area contributed by atoms with E-state index in [0.717, 1.165) is 35.1 Å². The Bertz CT molecular complexity index is 895. The van der Waals surface area contributed by atoms with Crippen molar-refractivity contribution in [3.8, 4) is 0 Å². The summed E-state index contributed by atoms with van der Waals surface area (Å²) in [5.74, 6) is -0.241. The van der Waals surface area contributed by atoms with E-state index in [0.29, 0.717) is 16.8 Å². The molecule has 0 aliphatic carbocycles. The van der Waals surface area contributed by atoms with Gasteiger partial charge in [0.05, 0.1) is 0 Å². The van der Waals surface area contributed by atoms with Crippen molar-refractivity contribution in [1.29, 1.82) is 0 Å². The Morgan fingerprint density at radius 2 is 1.81 bits per heavy atom. The van der Waals surface area contributed by atoms with Crippen molar-refractivity contribution in [2.75, 3.05) is 18.4 Å². The maximum Gasteiger partial charge on any atom is 0.257 e. The Hall–Kier alpha value is -2.00. The van der Waals surface area contributed by atoms with Crippen LogP contribution in [0.5, 0.6) is 0 Å². The molecule has 140 valence electrons. The summed E-state index contributed by atoms with van der Waals surface area (Å²) in [7, 11) is 0. The highest BCUT2D eigenvalue weighted by Gasteiger charge is 2.19. The second-order valence-electron chi connectivity index (χ2n) is 6.45. The predicted octanol–water partition coefficient (Wildman–Crippen LogP) is 3.96. The number of rotatable bonds is 3. The Kier molecular flexibility index (Phi) is 6.43. The number of hydrogen-bond donors (Lipinski definition) is 2. The summed E-state index contributed by atoms with van der Waals surface area (Å²) in [5.41, 5.74) is 2.95. The van der Waals surface area contributed by atoms with Gasteiger partial charge in [-0.05, 0) is 90.5 Å². The fourth-order valence-electron chi connectivity index (χ4n) is 2.90. The van der Waals surface area contributed by atoms with Gasteiger partial charge in [-0.2, -0.15) is 0 Å². The van der Waals surface area contributed by atoms with Crippen LogP contribution < -0.4 is 10.6 Å². The summed E-state index contributed by atoms with van der Waals surface area (Å²) >= 11 is 7.44. The molecule has 0 saturated carbocycles. The molecular weight excluding hydrogens is 473 g/mol. The molecular formula is C20H20IN3O2S. The van der Waals surface area contributed by atoms with Gasteiger partial charge < -0.3 is 10.2 Å². The Morgan fingerprint density at radius 3 is 2.52 bits per heavy atom. The largest absolute Gasteiger partial charge is 0.339 e. The van der Waals surface area contributed by atoms with E-state index >= 15 is 0 Å². The number of carbonyl (C=O) groups excluding carboxylic acids is 2. The Morgan fingerprint density at radius 1 is 1.07 bits per heavy atom. The van der Waals surface area contributed by atoms with E-state index in [9.17, 15) is 9.59 Å². The molecule has 7 heteroatoms. The molecule has 0 radical (unpaired) electrons. The van der Waals surface area contributed by atoms with Crippen molar-refractivity contribution in [2.45, 2.75) is 19.8 Å². The molecule has 1 fully saturated rings. The monoisotopic (exact) mass is 493 g/mol. The number of anilines is 1. The van der Waals surface area contributed by atoms with Crippen LogP contribution in [-0.4, -0.2) is 34.9 Å². The number of benzene rings is 2. The van der Waals surface area contributed by atoms with Crippen LogP contribution in [0.25, 0.3) is 0 Å². The molecule has 1 heterocycles. The molecule has 0 aromatic heterocycles. The summed E-state index contributed by atoms with van der Waals surface area (Å²) < 4.78 is 1.02. The summed E-state index contributed by atoms with van der Waals surface area (Å²) in [6.45, 7) is 3.60. The zero-order chi connectivity index (χ0) is 19.4. The highest BCUT2D eigenvalue weighted by molar-refractivity contribution is 14.1. The average molecular weight is 493 g/mol. The smallest absolute Gasteiger partial charge is 0.257 e. The molecule has 5 nitrogen and oxygen atoms in total. The number of hydrogen-bond acceptors (Lipinski definition) is 3. The van der Waals surface area contributed by atoms with E-state index < -0.39 is 0 Å². The first-order valence-corrected chi connectivity index (χ1v) is 10.2. The van der Waals surface area contributed by atoms with Crippen LogP contribution >= 0.6 is 34.8 Å². The number of carbonyl (C=O) groups is 2. The molecule has 2 aromatic carbocycles. The number of nitrogens with zero attached hydrogens (tertiary/aromatic N) is 1. The number of halogens is 1. The van der Waals surface area contributed by atoms with Crippen LogP contribution in [0.2, 0.25) is 0 Å². The first-order chi connectivity index (χ1) is 12.9. The number of likely N-dealkylation sites (tertiary alicyclic amines) is 1. The van der Waals surface area contributed by atoms with E-state index in [1.165, 1.54) is 0 Å². The van der Waals surface area contributed by atoms with Gasteiger partial charge in [-0.15, -0.1) is 0 Å². The molecule has 2 N–H and O–H groups in total. The van der Waals surface area contributed by atoms with Crippen molar-refractivity contribution >= 4 is 57.4 Å². The summed E-state index contributed by atoms with van der Waals surface area (Å²) in [6, 6.07) is 12.7. The van der Waals surface area contributed by atoms with E-state index in [4.69, 9.17) is 12.2 Å². The molecule has 0 atom stereocenters. The van der Waals surface area contributed by atoms with Gasteiger partial charge in [0, 0.05) is 33.5 Å². The lowest BCUT2D eigenvalue weighted by Gasteiger charge is -2.16. The highest BCUT2D eigenvalue weighted by Crippen LogP contribution is 2.17. The standard InChI is InChI=1S/C20H20IN3O2S/c1-13-7-8-14(12-17(13)21)18(25)23-20(27)22-16-6-4-5-15(11-16)19(26)24-9-2-3-10-24/h4-8,11-12H,2-3,9-10H2,1H3,(H2,22,23,25,27). The quantitative estimate of drug-likeness (QED) is 0.502. The molecule has 0 unspecified atom stereocenters. The average Bonchev–Trinajstić information content (AvgIpc) is 3.18. The van der Waals surface area contributed by atoms with Crippen molar-refractivity contribution in [2.24, 2.45) is 0 Å². The zero-order valence-electron chi connectivity index (χ0n) is 14.9. The second kappa shape index (κ2) is 8.79. The fraction of sp³-hybridized carbons (Fsp3) is 0.250. The Balaban J connectivity index is 1.63. The summed E-state index contributed by atoms with van der Waals surface area (Å²) in [5, 5.41) is 5.85. The van der Waals surface area contributed by atoms with Crippen LogP contribution in [0, 0.1) is 10.5 Å². The molecule has 3 rings (SSSR count). The predicted molar refractivity (Wildman–Crippen MR) is 119 cm³/mol. The lowest BCUT2D eigenvalue weighted by Crippen LogP contribution is -2.34. The van der Waals surface area contributed by atoms with Crippen LogP contribution in [0.15, 0.2) is 42.5 Å². The fourth-order valence-corrected chi connectivity index (χ4v) is 3.63. The van der Waals surface area contributed by atoms with Crippen LogP contribution in [0.1, 0.15) is 39.1 Å². The van der Waals surface area contributed by atoms with Crippen molar-refractivity contribution in [1.82, 2.24) is 10.2 Å². The van der Waals surface area contributed by atoms with Crippen molar-refractivity contribution in [3.63, 3.8) is 0 Å². The van der Waals surface area contributed by atoms with Gasteiger partial charge >= 0.3 is 0 Å². The van der Waals surface area contributed by atoms with Crippen LogP contribution in [-0.2, 0) is 0 Å². The maximum absolute atomic E-state index is 12.5. The lowest BCUT2D eigenvalue weighted by molar-refractivity contribution is 0.0792. The lowest BCUT2D eigenvalue weighted by atomic mass is 10.1. The first-order valence-electron chi connectivity index (χ1n) is 8.72. The van der Waals surface area contributed by atoms with Gasteiger partial charge in [0.25, 0.3) is 11.8 Å². The molecule has 1 saturated heterocycles. The SMILES string of the molecule is Cc1ccc(C(=O)NC(=S)Nc2cccc(C(=O)N3CCCC3)c2)cc1I. The van der Waals surface area contributed by atoms with Gasteiger partial charge in [-0.25, -0.2) is 0 Å². The minimum atomic E-state index is -0.269. The molecule has 2 aromatic rings. The number of thiocarbonyl (C=S) groups is 1. The normalized spacial score (nSPS) is 13.3. The van der Waals surface area contributed by atoms with Gasteiger partial charge in [-0.3, -0.25) is 14.9 Å². The second-order valence-corrected chi connectivity index (χ2v) is 8.02. The van der Waals surface area contributed by atoms with Gasteiger partial charge in [0.15, 0.2) is 5.11 Å². The number of amides is 2. The highest BCUT2D eigenvalue weighted by atomic mass is 127. The molecule has 1 aliphatic rings. The third kappa shape index (κ3) is 5.04. The van der Waals surface area contributed by atoms with Crippen LogP contribution in [0.4, 0.5) is 5.69 Å². The first kappa shape index (κ1) is 19.8. The molecule has 0 spiro atoms. The minimum Gasteiger partial charge on any atom is -0.339 e. The molecule has 1 aliphatic heterocycles. The minimum absolute atomic E-state index is 0.0281.